The van der Waals surface area contributed by atoms with Crippen LogP contribution in [0.3, 0.4) is 0 Å². The third-order valence-electron chi connectivity index (χ3n) is 2.13. The van der Waals surface area contributed by atoms with Gasteiger partial charge in [-0.2, -0.15) is 0 Å². The van der Waals surface area contributed by atoms with E-state index in [9.17, 15) is 4.79 Å². The zero-order valence-electron chi connectivity index (χ0n) is 9.17. The van der Waals surface area contributed by atoms with Gasteiger partial charge in [0.2, 0.25) is 0 Å². The van der Waals surface area contributed by atoms with Crippen molar-refractivity contribution in [3.63, 3.8) is 0 Å². The number of esters is 1. The number of terminal acetylenes is 1. The first-order valence-electron chi connectivity index (χ1n) is 4.80. The molecule has 0 aliphatic rings. The predicted octanol–water partition coefficient (Wildman–Crippen LogP) is 2.43. The van der Waals surface area contributed by atoms with Gasteiger partial charge in [-0.05, 0) is 12.1 Å². The number of nitrogens with one attached hydrogen (secondary N) is 1. The summed E-state index contributed by atoms with van der Waals surface area (Å²) in [6.45, 7) is 0.210. The fourth-order valence-corrected chi connectivity index (χ4v) is 1.98. The molecule has 0 aliphatic carbocycles. The SMILES string of the molecule is C#CCNC(C(=O)OC)c1c(Cl)cccc1Cl. The van der Waals surface area contributed by atoms with Crippen molar-refractivity contribution < 1.29 is 9.53 Å². The summed E-state index contributed by atoms with van der Waals surface area (Å²) in [5.41, 5.74) is 0.470. The molecule has 1 aromatic rings. The summed E-state index contributed by atoms with van der Waals surface area (Å²) >= 11 is 12.0. The van der Waals surface area contributed by atoms with Crippen molar-refractivity contribution in [1.29, 1.82) is 0 Å². The molecule has 1 atom stereocenters. The number of halogens is 2. The van der Waals surface area contributed by atoms with Crippen LogP contribution in [-0.4, -0.2) is 19.6 Å². The van der Waals surface area contributed by atoms with E-state index in [2.05, 4.69) is 16.0 Å². The van der Waals surface area contributed by atoms with Gasteiger partial charge in [0.05, 0.1) is 13.7 Å². The van der Waals surface area contributed by atoms with Crippen LogP contribution < -0.4 is 5.32 Å². The molecule has 0 spiro atoms. The molecule has 1 rings (SSSR count). The molecule has 0 saturated carbocycles. The highest BCUT2D eigenvalue weighted by Gasteiger charge is 2.25. The van der Waals surface area contributed by atoms with Crippen molar-refractivity contribution in [3.05, 3.63) is 33.8 Å². The van der Waals surface area contributed by atoms with Crippen LogP contribution in [0.1, 0.15) is 11.6 Å². The summed E-state index contributed by atoms with van der Waals surface area (Å²) < 4.78 is 4.69. The monoisotopic (exact) mass is 271 g/mol. The number of benzene rings is 1. The first-order valence-corrected chi connectivity index (χ1v) is 5.56. The van der Waals surface area contributed by atoms with Gasteiger partial charge in [-0.1, -0.05) is 35.2 Å². The van der Waals surface area contributed by atoms with Gasteiger partial charge >= 0.3 is 5.97 Å². The number of hydrogen-bond acceptors (Lipinski definition) is 3. The molecule has 0 aromatic heterocycles. The van der Waals surface area contributed by atoms with Crippen molar-refractivity contribution in [2.45, 2.75) is 6.04 Å². The highest BCUT2D eigenvalue weighted by molar-refractivity contribution is 6.36. The molecule has 1 aromatic carbocycles. The quantitative estimate of drug-likeness (QED) is 0.675. The largest absolute Gasteiger partial charge is 0.468 e. The number of ether oxygens (including phenoxy) is 1. The van der Waals surface area contributed by atoms with Gasteiger partial charge in [0.25, 0.3) is 0 Å². The van der Waals surface area contributed by atoms with Gasteiger partial charge in [0.15, 0.2) is 0 Å². The zero-order chi connectivity index (χ0) is 12.8. The Kier molecular flexibility index (Phi) is 5.30. The normalized spacial score (nSPS) is 11.6. The maximum Gasteiger partial charge on any atom is 0.327 e. The molecule has 1 unspecified atom stereocenters. The molecule has 90 valence electrons. The van der Waals surface area contributed by atoms with Crippen molar-refractivity contribution in [1.82, 2.24) is 5.32 Å². The fourth-order valence-electron chi connectivity index (χ4n) is 1.37. The van der Waals surface area contributed by atoms with Crippen molar-refractivity contribution >= 4 is 29.2 Å². The van der Waals surface area contributed by atoms with E-state index in [1.807, 2.05) is 0 Å². The van der Waals surface area contributed by atoms with E-state index in [0.29, 0.717) is 15.6 Å². The summed E-state index contributed by atoms with van der Waals surface area (Å²) in [6, 6.07) is 4.23. The highest BCUT2D eigenvalue weighted by atomic mass is 35.5. The number of methoxy groups -OCH3 is 1. The maximum absolute atomic E-state index is 11.7. The third-order valence-corrected chi connectivity index (χ3v) is 2.79. The first kappa shape index (κ1) is 13.9. The van der Waals surface area contributed by atoms with Crippen molar-refractivity contribution in [2.24, 2.45) is 0 Å². The van der Waals surface area contributed by atoms with Crippen LogP contribution >= 0.6 is 23.2 Å². The molecule has 0 aliphatic heterocycles. The molecule has 0 amide bonds. The maximum atomic E-state index is 11.7. The molecule has 0 bridgehead atoms. The Hall–Kier alpha value is -1.21. The lowest BCUT2D eigenvalue weighted by Crippen LogP contribution is -2.30. The van der Waals surface area contributed by atoms with Gasteiger partial charge in [0, 0.05) is 15.6 Å². The standard InChI is InChI=1S/C12H11Cl2NO2/c1-3-7-15-11(12(16)17-2)10-8(13)5-4-6-9(10)14/h1,4-6,11,15H,7H2,2H3. The summed E-state index contributed by atoms with van der Waals surface area (Å²) in [7, 11) is 1.29. The second-order valence-electron chi connectivity index (χ2n) is 3.18. The molecule has 5 heteroatoms. The summed E-state index contributed by atoms with van der Waals surface area (Å²) in [6.07, 6.45) is 5.14. The third kappa shape index (κ3) is 3.37. The lowest BCUT2D eigenvalue weighted by atomic mass is 10.1. The van der Waals surface area contributed by atoms with E-state index in [-0.39, 0.29) is 6.54 Å². The predicted molar refractivity (Wildman–Crippen MR) is 68.1 cm³/mol. The lowest BCUT2D eigenvalue weighted by molar-refractivity contribution is -0.143. The van der Waals surface area contributed by atoms with E-state index < -0.39 is 12.0 Å². The van der Waals surface area contributed by atoms with Gasteiger partial charge in [-0.3, -0.25) is 5.32 Å². The van der Waals surface area contributed by atoms with Gasteiger partial charge in [-0.25, -0.2) is 4.79 Å². The molecule has 1 N–H and O–H groups in total. The number of carbonyl (C=O) groups is 1. The molecule has 3 nitrogen and oxygen atoms in total. The second kappa shape index (κ2) is 6.51. The van der Waals surface area contributed by atoms with Crippen LogP contribution in [0.25, 0.3) is 0 Å². The number of hydrogen-bond donors (Lipinski definition) is 1. The minimum Gasteiger partial charge on any atom is -0.468 e. The minimum absolute atomic E-state index is 0.210. The number of rotatable bonds is 4. The Bertz CT molecular complexity index is 434. The van der Waals surface area contributed by atoms with Crippen LogP contribution in [0.4, 0.5) is 0 Å². The Morgan fingerprint density at radius 2 is 2.12 bits per heavy atom. The Balaban J connectivity index is 3.13. The second-order valence-corrected chi connectivity index (χ2v) is 3.99. The Morgan fingerprint density at radius 1 is 1.53 bits per heavy atom. The van der Waals surface area contributed by atoms with Gasteiger partial charge in [0.1, 0.15) is 6.04 Å². The fraction of sp³-hybridized carbons (Fsp3) is 0.250. The van der Waals surface area contributed by atoms with Crippen molar-refractivity contribution in [2.75, 3.05) is 13.7 Å². The lowest BCUT2D eigenvalue weighted by Gasteiger charge is -2.17. The van der Waals surface area contributed by atoms with E-state index in [4.69, 9.17) is 29.6 Å². The summed E-state index contributed by atoms with van der Waals surface area (Å²) in [4.78, 5) is 11.7. The van der Waals surface area contributed by atoms with Gasteiger partial charge in [-0.15, -0.1) is 6.42 Å². The molecule has 0 fully saturated rings. The van der Waals surface area contributed by atoms with Crippen LogP contribution in [0.5, 0.6) is 0 Å². The Morgan fingerprint density at radius 3 is 2.59 bits per heavy atom. The van der Waals surface area contributed by atoms with E-state index in [1.54, 1.807) is 18.2 Å². The Labute approximate surface area is 110 Å². The van der Waals surface area contributed by atoms with E-state index in [0.717, 1.165) is 0 Å². The molecular formula is C12H11Cl2NO2. The summed E-state index contributed by atoms with van der Waals surface area (Å²) in [5.74, 6) is 1.89. The minimum atomic E-state index is -0.766. The molecule has 17 heavy (non-hydrogen) atoms. The summed E-state index contributed by atoms with van der Waals surface area (Å²) in [5, 5.41) is 3.61. The molecular weight excluding hydrogens is 261 g/mol. The molecule has 0 saturated heterocycles. The van der Waals surface area contributed by atoms with E-state index >= 15 is 0 Å². The average molecular weight is 272 g/mol. The smallest absolute Gasteiger partial charge is 0.327 e. The van der Waals surface area contributed by atoms with E-state index in [1.165, 1.54) is 7.11 Å². The van der Waals surface area contributed by atoms with Crippen LogP contribution in [0.15, 0.2) is 18.2 Å². The average Bonchev–Trinajstić information content (AvgIpc) is 2.32. The van der Waals surface area contributed by atoms with Gasteiger partial charge < -0.3 is 4.74 Å². The van der Waals surface area contributed by atoms with Crippen LogP contribution in [-0.2, 0) is 9.53 Å². The topological polar surface area (TPSA) is 38.3 Å². The highest BCUT2D eigenvalue weighted by Crippen LogP contribution is 2.30. The van der Waals surface area contributed by atoms with Crippen LogP contribution in [0, 0.1) is 12.3 Å². The van der Waals surface area contributed by atoms with Crippen molar-refractivity contribution in [3.8, 4) is 12.3 Å². The molecule has 0 heterocycles. The molecule has 0 radical (unpaired) electrons. The number of carbonyl (C=O) groups excluding carboxylic acids is 1. The van der Waals surface area contributed by atoms with Crippen LogP contribution in [0.2, 0.25) is 10.0 Å². The zero-order valence-corrected chi connectivity index (χ0v) is 10.7. The first-order chi connectivity index (χ1) is 8.11.